The number of hydrogen-bond donors (Lipinski definition) is 2. The lowest BCUT2D eigenvalue weighted by molar-refractivity contribution is -0.175. The summed E-state index contributed by atoms with van der Waals surface area (Å²) in [7, 11) is 0. The highest BCUT2D eigenvalue weighted by Gasteiger charge is 2.71. The lowest BCUT2D eigenvalue weighted by Gasteiger charge is -2.60. The van der Waals surface area contributed by atoms with Crippen LogP contribution in [0, 0.1) is 11.3 Å². The summed E-state index contributed by atoms with van der Waals surface area (Å²) in [6, 6.07) is 0. The van der Waals surface area contributed by atoms with Crippen molar-refractivity contribution in [2.24, 2.45) is 17.1 Å². The quantitative estimate of drug-likeness (QED) is 0.816. The van der Waals surface area contributed by atoms with E-state index >= 15 is 0 Å². The van der Waals surface area contributed by atoms with Crippen LogP contribution in [0.5, 0.6) is 0 Å². The molecule has 2 saturated heterocycles. The summed E-state index contributed by atoms with van der Waals surface area (Å²) in [5.41, 5.74) is 5.49. The largest absolute Gasteiger partial charge is 0.377 e. The van der Waals surface area contributed by atoms with Crippen molar-refractivity contribution in [3.8, 4) is 0 Å². The fourth-order valence-electron chi connectivity index (χ4n) is 3.85. The highest BCUT2D eigenvalue weighted by Crippen LogP contribution is 2.58. The first kappa shape index (κ1) is 15.0. The van der Waals surface area contributed by atoms with Gasteiger partial charge in [0.1, 0.15) is 5.54 Å². The molecule has 2 heterocycles. The second-order valence-electron chi connectivity index (χ2n) is 6.56. The lowest BCUT2D eigenvalue weighted by Crippen LogP contribution is -2.80. The number of fused-ring (bicyclic) bond motifs is 1. The molecule has 114 valence electrons. The molecule has 1 saturated carbocycles. The van der Waals surface area contributed by atoms with Gasteiger partial charge in [-0.15, -0.1) is 0 Å². The molecule has 4 atom stereocenters. The Morgan fingerprint density at radius 1 is 1.45 bits per heavy atom. The van der Waals surface area contributed by atoms with E-state index in [-0.39, 0.29) is 23.3 Å². The third kappa shape index (κ3) is 2.11. The average Bonchev–Trinajstić information content (AvgIpc) is 2.93. The predicted molar refractivity (Wildman–Crippen MR) is 85.1 cm³/mol. The zero-order chi connectivity index (χ0) is 14.4. The molecule has 6 heteroatoms. The Bertz CT molecular complexity index is 399. The third-order valence-electron chi connectivity index (χ3n) is 5.21. The summed E-state index contributed by atoms with van der Waals surface area (Å²) in [4.78, 5) is 12.6. The molecular weight excluding hydrogens is 292 g/mol. The van der Waals surface area contributed by atoms with Crippen molar-refractivity contribution in [2.75, 3.05) is 30.4 Å². The number of thioether (sulfide) groups is 2. The number of amides is 1. The normalized spacial score (nSPS) is 42.6. The fraction of sp³-hybridized carbons (Fsp3) is 0.929. The third-order valence-corrected chi connectivity index (χ3v) is 8.05. The molecular formula is C14H24N2O2S2. The molecule has 3 rings (SSSR count). The summed E-state index contributed by atoms with van der Waals surface area (Å²) < 4.78 is 5.74. The summed E-state index contributed by atoms with van der Waals surface area (Å²) in [5, 5.41) is 3.64. The summed E-state index contributed by atoms with van der Waals surface area (Å²) in [6.07, 6.45) is 1.06. The highest BCUT2D eigenvalue weighted by atomic mass is 32.2. The minimum Gasteiger partial charge on any atom is -0.377 e. The number of carbonyl (C=O) groups is 1. The van der Waals surface area contributed by atoms with Gasteiger partial charge >= 0.3 is 0 Å². The summed E-state index contributed by atoms with van der Waals surface area (Å²) in [6.45, 7) is 5.60. The van der Waals surface area contributed by atoms with Crippen molar-refractivity contribution in [2.45, 2.75) is 37.2 Å². The van der Waals surface area contributed by atoms with Gasteiger partial charge < -0.3 is 15.8 Å². The molecule has 0 aromatic heterocycles. The van der Waals surface area contributed by atoms with Crippen LogP contribution < -0.4 is 11.1 Å². The van der Waals surface area contributed by atoms with Gasteiger partial charge in [-0.3, -0.25) is 4.79 Å². The molecule has 1 amide bonds. The van der Waals surface area contributed by atoms with E-state index < -0.39 is 5.54 Å². The molecule has 1 aliphatic carbocycles. The Labute approximate surface area is 129 Å². The predicted octanol–water partition coefficient (Wildman–Crippen LogP) is 1.09. The van der Waals surface area contributed by atoms with Crippen molar-refractivity contribution in [1.82, 2.24) is 5.32 Å². The van der Waals surface area contributed by atoms with Crippen molar-refractivity contribution in [1.29, 1.82) is 0 Å². The van der Waals surface area contributed by atoms with E-state index in [1.165, 1.54) is 11.5 Å². The van der Waals surface area contributed by atoms with Crippen LogP contribution in [0.3, 0.4) is 0 Å². The molecule has 2 aliphatic heterocycles. The standard InChI is InChI=1S/C14H24N2O2S2/c1-13(2)11-10(3-4-18-11)14(13,15)12(17)16-7-9-8-19-5-6-20-9/h9-11H,3-8,15H2,1-2H3,(H,16,17). The van der Waals surface area contributed by atoms with Gasteiger partial charge in [-0.1, -0.05) is 13.8 Å². The second kappa shape index (κ2) is 5.38. The minimum atomic E-state index is -0.763. The number of ether oxygens (including phenoxy) is 1. The molecule has 20 heavy (non-hydrogen) atoms. The van der Waals surface area contributed by atoms with Crippen LogP contribution in [0.15, 0.2) is 0 Å². The first-order valence-corrected chi connectivity index (χ1v) is 9.56. The van der Waals surface area contributed by atoms with Gasteiger partial charge in [-0.25, -0.2) is 0 Å². The molecule has 4 nitrogen and oxygen atoms in total. The van der Waals surface area contributed by atoms with Gasteiger partial charge in [0.2, 0.25) is 5.91 Å². The summed E-state index contributed by atoms with van der Waals surface area (Å²) in [5.74, 6) is 3.74. The van der Waals surface area contributed by atoms with Crippen LogP contribution in [0.1, 0.15) is 20.3 Å². The zero-order valence-corrected chi connectivity index (χ0v) is 13.8. The maximum Gasteiger partial charge on any atom is 0.241 e. The van der Waals surface area contributed by atoms with Crippen molar-refractivity contribution < 1.29 is 9.53 Å². The van der Waals surface area contributed by atoms with Gasteiger partial charge in [0, 0.05) is 47.0 Å². The van der Waals surface area contributed by atoms with E-state index in [0.29, 0.717) is 5.25 Å². The van der Waals surface area contributed by atoms with E-state index in [2.05, 4.69) is 19.2 Å². The molecule has 0 aromatic rings. The Morgan fingerprint density at radius 2 is 2.25 bits per heavy atom. The SMILES string of the molecule is CC1(C)C2OCCC2C1(N)C(=O)NCC1CSCCS1. The van der Waals surface area contributed by atoms with E-state index in [1.54, 1.807) is 0 Å². The second-order valence-corrected chi connectivity index (χ2v) is 9.11. The molecule has 0 aromatic carbocycles. The Hall–Kier alpha value is 0.0900. The number of nitrogens with one attached hydrogen (secondary N) is 1. The topological polar surface area (TPSA) is 64.3 Å². The Morgan fingerprint density at radius 3 is 2.95 bits per heavy atom. The lowest BCUT2D eigenvalue weighted by atomic mass is 9.48. The minimum absolute atomic E-state index is 0.0189. The molecule has 0 radical (unpaired) electrons. The van der Waals surface area contributed by atoms with Crippen LogP contribution >= 0.6 is 23.5 Å². The number of rotatable bonds is 3. The molecule has 3 aliphatic rings. The van der Waals surface area contributed by atoms with Crippen LogP contribution in [-0.2, 0) is 9.53 Å². The maximum atomic E-state index is 12.6. The number of nitrogens with two attached hydrogens (primary N) is 1. The van der Waals surface area contributed by atoms with Gasteiger partial charge in [-0.05, 0) is 6.42 Å². The molecule has 4 unspecified atom stereocenters. The average molecular weight is 316 g/mol. The van der Waals surface area contributed by atoms with Crippen LogP contribution in [0.2, 0.25) is 0 Å². The highest BCUT2D eigenvalue weighted by molar-refractivity contribution is 8.06. The molecule has 3 fully saturated rings. The van der Waals surface area contributed by atoms with Gasteiger partial charge in [0.25, 0.3) is 0 Å². The molecule has 0 spiro atoms. The van der Waals surface area contributed by atoms with E-state index in [9.17, 15) is 4.79 Å². The van der Waals surface area contributed by atoms with Crippen LogP contribution in [0.4, 0.5) is 0 Å². The first-order chi connectivity index (χ1) is 9.48. The van der Waals surface area contributed by atoms with Gasteiger partial charge in [-0.2, -0.15) is 23.5 Å². The van der Waals surface area contributed by atoms with Crippen molar-refractivity contribution in [3.63, 3.8) is 0 Å². The number of carbonyl (C=O) groups excluding carboxylic acids is 1. The van der Waals surface area contributed by atoms with E-state index in [0.717, 1.165) is 25.3 Å². The van der Waals surface area contributed by atoms with Crippen LogP contribution in [0.25, 0.3) is 0 Å². The van der Waals surface area contributed by atoms with E-state index in [4.69, 9.17) is 10.5 Å². The number of hydrogen-bond acceptors (Lipinski definition) is 5. The smallest absolute Gasteiger partial charge is 0.241 e. The Balaban J connectivity index is 1.61. The van der Waals surface area contributed by atoms with E-state index in [1.807, 2.05) is 23.5 Å². The molecule has 0 bridgehead atoms. The van der Waals surface area contributed by atoms with Gasteiger partial charge in [0.15, 0.2) is 0 Å². The van der Waals surface area contributed by atoms with Crippen molar-refractivity contribution in [3.05, 3.63) is 0 Å². The van der Waals surface area contributed by atoms with Crippen LogP contribution in [-0.4, -0.2) is 53.2 Å². The fourth-order valence-corrected chi connectivity index (χ4v) is 6.46. The monoisotopic (exact) mass is 316 g/mol. The summed E-state index contributed by atoms with van der Waals surface area (Å²) >= 11 is 3.93. The Kier molecular flexibility index (Phi) is 4.03. The maximum absolute atomic E-state index is 12.6. The van der Waals surface area contributed by atoms with Crippen molar-refractivity contribution >= 4 is 29.4 Å². The molecule has 3 N–H and O–H groups in total. The first-order valence-electron chi connectivity index (χ1n) is 7.36. The zero-order valence-electron chi connectivity index (χ0n) is 12.2. The van der Waals surface area contributed by atoms with Gasteiger partial charge in [0.05, 0.1) is 6.10 Å².